The van der Waals surface area contributed by atoms with E-state index in [1.54, 1.807) is 25.3 Å². The smallest absolute Gasteiger partial charge is 0.335 e. The second-order valence-corrected chi connectivity index (χ2v) is 16.7. The minimum absolute atomic E-state index is 0.0165. The van der Waals surface area contributed by atoms with Crippen LogP contribution in [0.15, 0.2) is 67.3 Å². The molecule has 5 aliphatic carbocycles. The Kier molecular flexibility index (Phi) is 15.1. The number of carbonyl (C=O) groups is 2. The summed E-state index contributed by atoms with van der Waals surface area (Å²) in [5.41, 5.74) is 4.10. The van der Waals surface area contributed by atoms with E-state index >= 15 is 0 Å². The lowest BCUT2D eigenvalue weighted by atomic mass is 9.36. The van der Waals surface area contributed by atoms with Crippen molar-refractivity contribution >= 4 is 23.1 Å². The van der Waals surface area contributed by atoms with Gasteiger partial charge in [-0.2, -0.15) is 0 Å². The highest BCUT2D eigenvalue weighted by atomic mass is 16.5. The number of aromatic carboxylic acids is 1. The first-order chi connectivity index (χ1) is 25.9. The Morgan fingerprint density at radius 2 is 1.43 bits per heavy atom. The molecule has 2 N–H and O–H groups in total. The summed E-state index contributed by atoms with van der Waals surface area (Å²) < 4.78 is 5.32. The Labute approximate surface area is 327 Å². The van der Waals surface area contributed by atoms with Gasteiger partial charge in [-0.3, -0.25) is 4.79 Å². The number of fused-ring (bicyclic) bond motifs is 7. The summed E-state index contributed by atoms with van der Waals surface area (Å²) in [4.78, 5) is 25.6. The van der Waals surface area contributed by atoms with Gasteiger partial charge in [-0.1, -0.05) is 72.2 Å². The predicted octanol–water partition coefficient (Wildman–Crippen LogP) is 12.2. The molecule has 0 saturated heterocycles. The number of allylic oxidation sites excluding steroid dienone is 3. The number of benzene rings is 2. The number of terminal acetylenes is 2. The van der Waals surface area contributed by atoms with Crippen LogP contribution in [0.25, 0.3) is 5.57 Å². The second-order valence-electron chi connectivity index (χ2n) is 16.7. The third-order valence-corrected chi connectivity index (χ3v) is 14.3. The molecule has 0 aliphatic heterocycles. The van der Waals surface area contributed by atoms with Crippen LogP contribution >= 0.6 is 0 Å². The predicted molar refractivity (Wildman–Crippen MR) is 226 cm³/mol. The minimum Gasteiger partial charge on any atom is -0.497 e. The molecule has 0 heterocycles. The Bertz CT molecular complexity index is 1640. The van der Waals surface area contributed by atoms with Gasteiger partial charge in [0, 0.05) is 5.69 Å². The molecule has 7 rings (SSSR count). The summed E-state index contributed by atoms with van der Waals surface area (Å²) in [5, 5.41) is 12.8. The summed E-state index contributed by atoms with van der Waals surface area (Å²) in [6, 6.07) is 15.3. The zero-order valence-electron chi connectivity index (χ0n) is 34.4. The first kappa shape index (κ1) is 44.2. The van der Waals surface area contributed by atoms with Crippen LogP contribution in [0.2, 0.25) is 0 Å². The molecule has 5 nitrogen and oxygen atoms in total. The molecule has 0 bridgehead atoms. The lowest BCUT2D eigenvalue weighted by molar-refractivity contribution is -0.180. The summed E-state index contributed by atoms with van der Waals surface area (Å²) >= 11 is 0. The van der Waals surface area contributed by atoms with Crippen LogP contribution in [0.5, 0.6) is 5.75 Å². The quantitative estimate of drug-likeness (QED) is 0.237. The van der Waals surface area contributed by atoms with E-state index in [0.29, 0.717) is 40.6 Å². The number of methoxy groups -OCH3 is 1. The van der Waals surface area contributed by atoms with Gasteiger partial charge < -0.3 is 15.2 Å². The number of carboxylic acids is 1. The number of hydrogen-bond donors (Lipinski definition) is 2. The second kappa shape index (κ2) is 18.4. The molecule has 54 heavy (non-hydrogen) atoms. The topological polar surface area (TPSA) is 75.6 Å². The van der Waals surface area contributed by atoms with Gasteiger partial charge in [-0.25, -0.2) is 4.79 Å². The van der Waals surface area contributed by atoms with Crippen LogP contribution in [0.1, 0.15) is 129 Å². The van der Waals surface area contributed by atoms with E-state index in [4.69, 9.17) is 4.74 Å². The van der Waals surface area contributed by atoms with E-state index in [1.165, 1.54) is 56.1 Å². The maximum atomic E-state index is 14.1. The molecule has 4 unspecified atom stereocenters. The number of anilines is 1. The molecule has 0 spiro atoms. The molecule has 2 aromatic carbocycles. The molecule has 2 aromatic rings. The van der Waals surface area contributed by atoms with Crippen molar-refractivity contribution in [2.75, 3.05) is 12.4 Å². The lowest BCUT2D eigenvalue weighted by Crippen LogP contribution is -2.61. The molecular formula is C49H67NO4. The number of nitrogens with one attached hydrogen (secondary N) is 1. The fraction of sp³-hybridized carbons (Fsp3) is 0.551. The highest BCUT2D eigenvalue weighted by Crippen LogP contribution is 2.73. The van der Waals surface area contributed by atoms with Crippen molar-refractivity contribution in [2.24, 2.45) is 51.2 Å². The number of ether oxygens (including phenoxy) is 1. The van der Waals surface area contributed by atoms with Crippen LogP contribution in [-0.2, 0) is 4.79 Å². The van der Waals surface area contributed by atoms with Crippen molar-refractivity contribution in [3.05, 3.63) is 78.4 Å². The molecule has 5 aliphatic rings. The maximum Gasteiger partial charge on any atom is 0.335 e. The SMILES string of the molecule is C#C.C#C.C=CC.CC.COc1ccc(NC(=O)[C@]23CCCC2[C@H]2CCC4[C@@](C)(CCC5C(C)(C)C(c6ccc(C(=O)O)cc6)=CC[C@@]54C)C2CC3)cc1. The first-order valence-electron chi connectivity index (χ1n) is 20.1. The minimum atomic E-state index is -0.872. The van der Waals surface area contributed by atoms with E-state index in [9.17, 15) is 14.7 Å². The Morgan fingerprint density at radius 1 is 0.815 bits per heavy atom. The highest BCUT2D eigenvalue weighted by molar-refractivity contribution is 5.96. The molecule has 4 saturated carbocycles. The molecular weight excluding hydrogens is 667 g/mol. The van der Waals surface area contributed by atoms with Crippen LogP contribution < -0.4 is 10.1 Å². The van der Waals surface area contributed by atoms with Crippen molar-refractivity contribution in [2.45, 2.75) is 113 Å². The third kappa shape index (κ3) is 7.80. The normalized spacial score (nSPS) is 32.1. The van der Waals surface area contributed by atoms with Crippen molar-refractivity contribution in [1.82, 2.24) is 0 Å². The summed E-state index contributed by atoms with van der Waals surface area (Å²) in [6.07, 6.45) is 31.9. The highest BCUT2D eigenvalue weighted by Gasteiger charge is 2.66. The first-order valence-corrected chi connectivity index (χ1v) is 20.1. The molecule has 8 atom stereocenters. The van der Waals surface area contributed by atoms with E-state index in [1.807, 2.05) is 57.2 Å². The van der Waals surface area contributed by atoms with Crippen LogP contribution in [-0.4, -0.2) is 24.1 Å². The Balaban J connectivity index is 0.000000807. The van der Waals surface area contributed by atoms with Gasteiger partial charge in [0.15, 0.2) is 0 Å². The van der Waals surface area contributed by atoms with Crippen molar-refractivity contribution in [3.8, 4) is 31.4 Å². The monoisotopic (exact) mass is 734 g/mol. The van der Waals surface area contributed by atoms with Gasteiger partial charge in [0.25, 0.3) is 0 Å². The van der Waals surface area contributed by atoms with E-state index in [2.05, 4.69) is 71.4 Å². The van der Waals surface area contributed by atoms with Gasteiger partial charge in [0.1, 0.15) is 5.75 Å². The van der Waals surface area contributed by atoms with Gasteiger partial charge >= 0.3 is 5.97 Å². The van der Waals surface area contributed by atoms with E-state index in [0.717, 1.165) is 30.7 Å². The largest absolute Gasteiger partial charge is 0.497 e. The van der Waals surface area contributed by atoms with Gasteiger partial charge in [-0.15, -0.1) is 32.3 Å². The zero-order valence-corrected chi connectivity index (χ0v) is 34.4. The van der Waals surface area contributed by atoms with Crippen LogP contribution in [0.3, 0.4) is 0 Å². The molecule has 5 heteroatoms. The molecule has 292 valence electrons. The average Bonchev–Trinajstić information content (AvgIpc) is 3.64. The van der Waals surface area contributed by atoms with Gasteiger partial charge in [0.05, 0.1) is 18.1 Å². The average molecular weight is 734 g/mol. The number of amides is 1. The molecule has 0 aromatic heterocycles. The van der Waals surface area contributed by atoms with E-state index in [-0.39, 0.29) is 22.2 Å². The lowest BCUT2D eigenvalue weighted by Gasteiger charge is -2.68. The van der Waals surface area contributed by atoms with E-state index < -0.39 is 5.97 Å². The van der Waals surface area contributed by atoms with Gasteiger partial charge in [-0.05, 0) is 158 Å². The molecule has 1 amide bonds. The fourth-order valence-corrected chi connectivity index (χ4v) is 12.4. The van der Waals surface area contributed by atoms with Gasteiger partial charge in [0.2, 0.25) is 5.91 Å². The van der Waals surface area contributed by atoms with Crippen LogP contribution in [0, 0.1) is 76.9 Å². The molecule has 4 fully saturated rings. The van der Waals surface area contributed by atoms with Crippen molar-refractivity contribution < 1.29 is 19.4 Å². The molecule has 0 radical (unpaired) electrons. The number of rotatable bonds is 5. The van der Waals surface area contributed by atoms with Crippen molar-refractivity contribution in [1.29, 1.82) is 0 Å². The zero-order chi connectivity index (χ0) is 40.5. The number of hydrogen-bond acceptors (Lipinski definition) is 3. The Morgan fingerprint density at radius 3 is 2.00 bits per heavy atom. The maximum absolute atomic E-state index is 14.1. The number of carboxylic acid groups (broad SMARTS) is 1. The Hall–Kier alpha value is -4.22. The fourth-order valence-electron chi connectivity index (χ4n) is 12.4. The standard InChI is InChI=1S/C40H51NO4.C3H6.C2H6.2C2H2/c1-37(2)30(25-8-10-26(11-9-25)35(42)43)18-22-39(4)33(37)20-23-38(3)31-19-24-40(21-6-7-32(40)29(31)16-17-34(38)39)36(44)41-27-12-14-28(45-5)15-13-27;1-3-2;3*1-2/h8-15,18,29,31-34H,6-7,16-17,19-24H2,1-5H3,(H,41,44)(H,42,43);3H,1H2,2H3;1-2H3;2*1-2H/t29-,31?,32?,33?,34?,38-,39-,40-;;;;/m0..../s1. The summed E-state index contributed by atoms with van der Waals surface area (Å²) in [7, 11) is 1.67. The third-order valence-electron chi connectivity index (χ3n) is 14.3. The summed E-state index contributed by atoms with van der Waals surface area (Å²) in [5.74, 6) is 3.27. The van der Waals surface area contributed by atoms with Crippen molar-refractivity contribution in [3.63, 3.8) is 0 Å². The number of carbonyl (C=O) groups excluding carboxylic acids is 1. The summed E-state index contributed by atoms with van der Waals surface area (Å²) in [6.45, 7) is 19.4. The van der Waals surface area contributed by atoms with Crippen LogP contribution in [0.4, 0.5) is 5.69 Å².